The van der Waals surface area contributed by atoms with Crippen molar-refractivity contribution in [2.45, 2.75) is 17.4 Å². The van der Waals surface area contributed by atoms with Crippen molar-refractivity contribution >= 4 is 17.7 Å². The van der Waals surface area contributed by atoms with Crippen molar-refractivity contribution in [3.63, 3.8) is 0 Å². The first-order valence-corrected chi connectivity index (χ1v) is 6.82. The molecule has 0 aromatic heterocycles. The van der Waals surface area contributed by atoms with Gasteiger partial charge in [-0.2, -0.15) is 0 Å². The van der Waals surface area contributed by atoms with E-state index in [2.05, 4.69) is 5.32 Å². The maximum atomic E-state index is 11.6. The number of aliphatic hydroxyl groups is 1. The molecule has 0 bridgehead atoms. The first-order valence-electron chi connectivity index (χ1n) is 5.83. The third kappa shape index (κ3) is 6.05. The maximum absolute atomic E-state index is 11.6. The molecule has 2 N–H and O–H groups in total. The summed E-state index contributed by atoms with van der Waals surface area (Å²) in [5.74, 6) is 0.663. The predicted octanol–water partition coefficient (Wildman–Crippen LogP) is 1.29. The van der Waals surface area contributed by atoms with Crippen LogP contribution in [0.3, 0.4) is 0 Å². The SMILES string of the molecule is COCC(CO)NC(=O)CCSc1ccccc1. The second-order valence-electron chi connectivity index (χ2n) is 3.81. The molecule has 0 aliphatic rings. The van der Waals surface area contributed by atoms with Gasteiger partial charge in [0.1, 0.15) is 0 Å². The van der Waals surface area contributed by atoms with Gasteiger partial charge in [0.05, 0.1) is 19.3 Å². The second kappa shape index (κ2) is 8.97. The molecule has 0 spiro atoms. The van der Waals surface area contributed by atoms with E-state index in [0.29, 0.717) is 13.0 Å². The summed E-state index contributed by atoms with van der Waals surface area (Å²) < 4.78 is 4.89. The van der Waals surface area contributed by atoms with Crippen LogP contribution < -0.4 is 5.32 Å². The molecule has 1 unspecified atom stereocenters. The topological polar surface area (TPSA) is 58.6 Å². The molecule has 0 saturated heterocycles. The lowest BCUT2D eigenvalue weighted by atomic mass is 10.3. The smallest absolute Gasteiger partial charge is 0.221 e. The summed E-state index contributed by atoms with van der Waals surface area (Å²) in [6.07, 6.45) is 0.430. The van der Waals surface area contributed by atoms with E-state index in [-0.39, 0.29) is 18.6 Å². The largest absolute Gasteiger partial charge is 0.394 e. The van der Waals surface area contributed by atoms with Crippen LogP contribution in [0.25, 0.3) is 0 Å². The fourth-order valence-electron chi connectivity index (χ4n) is 1.42. The van der Waals surface area contributed by atoms with Crippen molar-refractivity contribution in [1.29, 1.82) is 0 Å². The molecule has 0 saturated carbocycles. The van der Waals surface area contributed by atoms with Gasteiger partial charge in [0.2, 0.25) is 5.91 Å². The molecule has 1 aromatic carbocycles. The lowest BCUT2D eigenvalue weighted by Crippen LogP contribution is -2.40. The number of thioether (sulfide) groups is 1. The monoisotopic (exact) mass is 269 g/mol. The summed E-state index contributed by atoms with van der Waals surface area (Å²) in [6.45, 7) is 0.222. The van der Waals surface area contributed by atoms with Crippen LogP contribution in [0.4, 0.5) is 0 Å². The van der Waals surface area contributed by atoms with Gasteiger partial charge in [0.25, 0.3) is 0 Å². The Morgan fingerprint density at radius 3 is 2.78 bits per heavy atom. The summed E-state index contributed by atoms with van der Waals surface area (Å²) in [5.41, 5.74) is 0. The van der Waals surface area contributed by atoms with E-state index in [0.717, 1.165) is 10.6 Å². The van der Waals surface area contributed by atoms with Crippen LogP contribution in [0.5, 0.6) is 0 Å². The van der Waals surface area contributed by atoms with E-state index >= 15 is 0 Å². The van der Waals surface area contributed by atoms with Gasteiger partial charge in [-0.3, -0.25) is 4.79 Å². The van der Waals surface area contributed by atoms with E-state index in [4.69, 9.17) is 9.84 Å². The molecule has 1 atom stereocenters. The number of carbonyl (C=O) groups is 1. The van der Waals surface area contributed by atoms with Crippen molar-refractivity contribution in [1.82, 2.24) is 5.32 Å². The number of amides is 1. The predicted molar refractivity (Wildman–Crippen MR) is 72.7 cm³/mol. The number of ether oxygens (including phenoxy) is 1. The molecule has 0 radical (unpaired) electrons. The van der Waals surface area contributed by atoms with Crippen molar-refractivity contribution < 1.29 is 14.6 Å². The molecule has 100 valence electrons. The average molecular weight is 269 g/mol. The lowest BCUT2D eigenvalue weighted by Gasteiger charge is -2.14. The summed E-state index contributed by atoms with van der Waals surface area (Å²) in [5, 5.41) is 11.7. The zero-order chi connectivity index (χ0) is 13.2. The van der Waals surface area contributed by atoms with Crippen LogP contribution in [0, 0.1) is 0 Å². The Labute approximate surface area is 112 Å². The van der Waals surface area contributed by atoms with Gasteiger partial charge in [-0.15, -0.1) is 11.8 Å². The van der Waals surface area contributed by atoms with E-state index in [1.165, 1.54) is 0 Å². The zero-order valence-electron chi connectivity index (χ0n) is 10.5. The Hall–Kier alpha value is -1.04. The number of nitrogens with one attached hydrogen (secondary N) is 1. The van der Waals surface area contributed by atoms with Crippen LogP contribution in [0.2, 0.25) is 0 Å². The minimum absolute atomic E-state index is 0.0606. The van der Waals surface area contributed by atoms with Crippen LogP contribution >= 0.6 is 11.8 Å². The summed E-state index contributed by atoms with van der Waals surface area (Å²) in [6, 6.07) is 9.64. The molecular formula is C13H19NO3S. The molecule has 18 heavy (non-hydrogen) atoms. The molecule has 0 aliphatic heterocycles. The van der Waals surface area contributed by atoms with Crippen LogP contribution in [0.15, 0.2) is 35.2 Å². The molecule has 0 heterocycles. The van der Waals surface area contributed by atoms with Crippen LogP contribution in [-0.2, 0) is 9.53 Å². The first kappa shape index (κ1) is 15.0. The first-order chi connectivity index (χ1) is 8.76. The van der Waals surface area contributed by atoms with Gasteiger partial charge in [0.15, 0.2) is 0 Å². The number of hydrogen-bond donors (Lipinski definition) is 2. The molecule has 0 aliphatic carbocycles. The Kier molecular flexibility index (Phi) is 7.48. The summed E-state index contributed by atoms with van der Waals surface area (Å²) >= 11 is 1.64. The average Bonchev–Trinajstić information content (AvgIpc) is 2.39. The molecular weight excluding hydrogens is 250 g/mol. The highest BCUT2D eigenvalue weighted by molar-refractivity contribution is 7.99. The van der Waals surface area contributed by atoms with Gasteiger partial charge >= 0.3 is 0 Å². The third-order valence-electron chi connectivity index (χ3n) is 2.29. The van der Waals surface area contributed by atoms with E-state index in [1.807, 2.05) is 30.3 Å². The molecule has 0 fully saturated rings. The normalized spacial score (nSPS) is 12.1. The minimum atomic E-state index is -0.316. The second-order valence-corrected chi connectivity index (χ2v) is 4.98. The highest BCUT2D eigenvalue weighted by Gasteiger charge is 2.10. The standard InChI is InChI=1S/C13H19NO3S/c1-17-10-11(9-15)14-13(16)7-8-18-12-5-3-2-4-6-12/h2-6,11,15H,7-10H2,1H3,(H,14,16). The van der Waals surface area contributed by atoms with Gasteiger partial charge in [-0.1, -0.05) is 18.2 Å². The minimum Gasteiger partial charge on any atom is -0.394 e. The van der Waals surface area contributed by atoms with Gasteiger partial charge in [0, 0.05) is 24.2 Å². The number of aliphatic hydroxyl groups excluding tert-OH is 1. The van der Waals surface area contributed by atoms with Crippen molar-refractivity contribution in [3.8, 4) is 0 Å². The van der Waals surface area contributed by atoms with Crippen molar-refractivity contribution in [2.24, 2.45) is 0 Å². The molecule has 1 rings (SSSR count). The number of rotatable bonds is 8. The zero-order valence-corrected chi connectivity index (χ0v) is 11.3. The number of methoxy groups -OCH3 is 1. The summed E-state index contributed by atoms with van der Waals surface area (Å²) in [4.78, 5) is 12.7. The Balaban J connectivity index is 2.20. The summed E-state index contributed by atoms with van der Waals surface area (Å²) in [7, 11) is 1.54. The molecule has 1 aromatic rings. The maximum Gasteiger partial charge on any atom is 0.221 e. The number of carbonyl (C=O) groups excluding carboxylic acids is 1. The van der Waals surface area contributed by atoms with E-state index in [9.17, 15) is 4.79 Å². The highest BCUT2D eigenvalue weighted by Crippen LogP contribution is 2.17. The lowest BCUT2D eigenvalue weighted by molar-refractivity contribution is -0.122. The number of benzene rings is 1. The molecule has 1 amide bonds. The Bertz CT molecular complexity index is 345. The van der Waals surface area contributed by atoms with Crippen molar-refractivity contribution in [3.05, 3.63) is 30.3 Å². The van der Waals surface area contributed by atoms with Crippen LogP contribution in [0.1, 0.15) is 6.42 Å². The molecule has 5 heteroatoms. The Morgan fingerprint density at radius 2 is 2.17 bits per heavy atom. The number of hydrogen-bond acceptors (Lipinski definition) is 4. The Morgan fingerprint density at radius 1 is 1.44 bits per heavy atom. The quantitative estimate of drug-likeness (QED) is 0.698. The van der Waals surface area contributed by atoms with Crippen LogP contribution in [-0.4, -0.2) is 43.1 Å². The van der Waals surface area contributed by atoms with Gasteiger partial charge < -0.3 is 15.2 Å². The van der Waals surface area contributed by atoms with E-state index in [1.54, 1.807) is 18.9 Å². The molecule has 4 nitrogen and oxygen atoms in total. The van der Waals surface area contributed by atoms with E-state index < -0.39 is 0 Å². The van der Waals surface area contributed by atoms with Gasteiger partial charge in [-0.05, 0) is 12.1 Å². The fraction of sp³-hybridized carbons (Fsp3) is 0.462. The fourth-order valence-corrected chi connectivity index (χ4v) is 2.29. The van der Waals surface area contributed by atoms with Crippen molar-refractivity contribution in [2.75, 3.05) is 26.1 Å². The highest BCUT2D eigenvalue weighted by atomic mass is 32.2. The van der Waals surface area contributed by atoms with Gasteiger partial charge in [-0.25, -0.2) is 0 Å². The third-order valence-corrected chi connectivity index (χ3v) is 3.31.